The van der Waals surface area contributed by atoms with Gasteiger partial charge in [0.05, 0.1) is 21.4 Å². The number of aryl methyl sites for hydroxylation is 1. The van der Waals surface area contributed by atoms with Crippen LogP contribution in [0, 0.1) is 6.92 Å². The third-order valence-corrected chi connectivity index (χ3v) is 6.98. The summed E-state index contributed by atoms with van der Waals surface area (Å²) in [4.78, 5) is 5.07. The fraction of sp³-hybridized carbons (Fsp3) is 0.167. The van der Waals surface area contributed by atoms with Gasteiger partial charge in [-0.05, 0) is 72.7 Å². The van der Waals surface area contributed by atoms with Crippen LogP contribution < -0.4 is 10.6 Å². The van der Waals surface area contributed by atoms with Gasteiger partial charge in [0.15, 0.2) is 5.11 Å². The van der Waals surface area contributed by atoms with Gasteiger partial charge in [-0.25, -0.2) is 0 Å². The molecule has 0 aliphatic carbocycles. The Labute approximate surface area is 230 Å². The van der Waals surface area contributed by atoms with E-state index in [9.17, 15) is 13.2 Å². The molecule has 0 saturated heterocycles. The summed E-state index contributed by atoms with van der Waals surface area (Å²) >= 11 is 29.5. The number of thiocarbonyl (C=S) groups is 1. The first-order valence-electron chi connectivity index (χ1n) is 10.3. The van der Waals surface area contributed by atoms with Gasteiger partial charge in [0.25, 0.3) is 5.60 Å². The predicted molar refractivity (Wildman–Crippen MR) is 144 cm³/mol. The Morgan fingerprint density at radius 2 is 1.64 bits per heavy atom. The highest BCUT2D eigenvalue weighted by atomic mass is 35.5. The molecule has 4 nitrogen and oxygen atoms in total. The Morgan fingerprint density at radius 3 is 2.28 bits per heavy atom. The molecule has 1 unspecified atom stereocenters. The number of rotatable bonds is 4. The molecule has 0 fully saturated rings. The maximum Gasteiger partial charge on any atom is 0.435 e. The summed E-state index contributed by atoms with van der Waals surface area (Å²) < 4.78 is 42.7. The molecular formula is C24H16Cl4F3N3OS. The summed E-state index contributed by atoms with van der Waals surface area (Å²) in [6, 6.07) is 13.8. The van der Waals surface area contributed by atoms with E-state index in [0.717, 1.165) is 0 Å². The number of halogens is 7. The molecular weight excluding hydrogens is 577 g/mol. The number of hydrogen-bond donors (Lipinski definition) is 2. The van der Waals surface area contributed by atoms with Gasteiger partial charge in [0, 0.05) is 27.7 Å². The topological polar surface area (TPSA) is 45.6 Å². The Morgan fingerprint density at radius 1 is 0.972 bits per heavy atom. The van der Waals surface area contributed by atoms with Gasteiger partial charge in [-0.1, -0.05) is 63.7 Å². The first-order chi connectivity index (χ1) is 16.9. The molecule has 0 bridgehead atoms. The van der Waals surface area contributed by atoms with E-state index >= 15 is 0 Å². The molecule has 36 heavy (non-hydrogen) atoms. The maximum absolute atomic E-state index is 14.2. The minimum absolute atomic E-state index is 0.0630. The highest BCUT2D eigenvalue weighted by molar-refractivity contribution is 7.80. The van der Waals surface area contributed by atoms with E-state index in [1.165, 1.54) is 18.2 Å². The van der Waals surface area contributed by atoms with E-state index in [2.05, 4.69) is 15.8 Å². The van der Waals surface area contributed by atoms with Crippen molar-refractivity contribution in [2.75, 3.05) is 10.6 Å². The monoisotopic (exact) mass is 591 g/mol. The summed E-state index contributed by atoms with van der Waals surface area (Å²) in [5.74, 6) is 0. The van der Waals surface area contributed by atoms with E-state index in [-0.39, 0.29) is 26.4 Å². The molecule has 0 radical (unpaired) electrons. The minimum atomic E-state index is -4.78. The SMILES string of the molecule is Cc1cc(C2=NOC(c3cc(Cl)cc(Cl)c3)(C(F)(F)F)C2)ccc1NC(=S)Nc1cccc(Cl)c1Cl. The van der Waals surface area contributed by atoms with Gasteiger partial charge in [-0.2, -0.15) is 13.2 Å². The van der Waals surface area contributed by atoms with Gasteiger partial charge in [0.1, 0.15) is 0 Å². The fourth-order valence-electron chi connectivity index (χ4n) is 3.71. The predicted octanol–water partition coefficient (Wildman–Crippen LogP) is 9.00. The average molecular weight is 593 g/mol. The minimum Gasteiger partial charge on any atom is -0.374 e. The van der Waals surface area contributed by atoms with Crippen molar-refractivity contribution in [3.05, 3.63) is 91.4 Å². The lowest BCUT2D eigenvalue weighted by Crippen LogP contribution is -2.42. The lowest BCUT2D eigenvalue weighted by atomic mass is 9.86. The van der Waals surface area contributed by atoms with Crippen LogP contribution in [-0.4, -0.2) is 17.0 Å². The number of benzene rings is 3. The van der Waals surface area contributed by atoms with Crippen LogP contribution in [0.5, 0.6) is 0 Å². The first kappa shape index (κ1) is 26.8. The quantitative estimate of drug-likeness (QED) is 0.297. The van der Waals surface area contributed by atoms with Crippen molar-refractivity contribution in [2.45, 2.75) is 25.1 Å². The highest BCUT2D eigenvalue weighted by Gasteiger charge is 2.62. The van der Waals surface area contributed by atoms with Crippen LogP contribution >= 0.6 is 58.6 Å². The second-order valence-electron chi connectivity index (χ2n) is 8.00. The highest BCUT2D eigenvalue weighted by Crippen LogP contribution is 2.49. The van der Waals surface area contributed by atoms with Gasteiger partial charge >= 0.3 is 6.18 Å². The van der Waals surface area contributed by atoms with Crippen LogP contribution in [0.3, 0.4) is 0 Å². The van der Waals surface area contributed by atoms with Crippen molar-refractivity contribution in [3.8, 4) is 0 Å². The van der Waals surface area contributed by atoms with Crippen LogP contribution in [0.1, 0.15) is 23.1 Å². The smallest absolute Gasteiger partial charge is 0.374 e. The summed E-state index contributed by atoms with van der Waals surface area (Å²) in [5, 5.41) is 10.9. The summed E-state index contributed by atoms with van der Waals surface area (Å²) in [6.07, 6.45) is -5.32. The van der Waals surface area contributed by atoms with Crippen LogP contribution in [0.2, 0.25) is 20.1 Å². The largest absolute Gasteiger partial charge is 0.435 e. The molecule has 0 amide bonds. The number of hydrogen-bond acceptors (Lipinski definition) is 3. The molecule has 1 aliphatic heterocycles. The number of nitrogens with zero attached hydrogens (tertiary/aromatic N) is 1. The van der Waals surface area contributed by atoms with Gasteiger partial charge in [-0.3, -0.25) is 0 Å². The van der Waals surface area contributed by atoms with Crippen LogP contribution in [0.15, 0.2) is 59.8 Å². The van der Waals surface area contributed by atoms with Crippen LogP contribution in [-0.2, 0) is 10.4 Å². The number of nitrogens with one attached hydrogen (secondary N) is 2. The molecule has 188 valence electrons. The van der Waals surface area contributed by atoms with Crippen LogP contribution in [0.4, 0.5) is 24.5 Å². The molecule has 1 aliphatic rings. The third kappa shape index (κ3) is 5.38. The van der Waals surface area contributed by atoms with Crippen molar-refractivity contribution < 1.29 is 18.0 Å². The summed E-state index contributed by atoms with van der Waals surface area (Å²) in [5.41, 5.74) is -0.456. The number of anilines is 2. The molecule has 0 spiro atoms. The van der Waals surface area contributed by atoms with Crippen LogP contribution in [0.25, 0.3) is 0 Å². The molecule has 1 atom stereocenters. The zero-order chi connectivity index (χ0) is 26.3. The molecule has 12 heteroatoms. The average Bonchev–Trinajstić information content (AvgIpc) is 3.25. The zero-order valence-corrected chi connectivity index (χ0v) is 22.2. The Balaban J connectivity index is 1.54. The summed E-state index contributed by atoms with van der Waals surface area (Å²) in [6.45, 7) is 1.78. The fourth-order valence-corrected chi connectivity index (χ4v) is 4.80. The third-order valence-electron chi connectivity index (χ3n) is 5.52. The lowest BCUT2D eigenvalue weighted by Gasteiger charge is -2.29. The van der Waals surface area contributed by atoms with Crippen molar-refractivity contribution in [1.29, 1.82) is 0 Å². The molecule has 0 aromatic heterocycles. The van der Waals surface area contributed by atoms with E-state index in [4.69, 9.17) is 63.5 Å². The van der Waals surface area contributed by atoms with E-state index in [1.54, 1.807) is 43.3 Å². The molecule has 3 aromatic rings. The standard InChI is InChI=1S/C24H16Cl4F3N3OS/c1-12-7-13(5-6-18(12)32-22(36)33-19-4-2-3-17(27)21(19)28)20-11-23(35-34-20,24(29,30)31)14-8-15(25)10-16(26)9-14/h2-10H,11H2,1H3,(H2,32,33,36). The second-order valence-corrected chi connectivity index (χ2v) is 10.1. The normalized spacial score (nSPS) is 17.4. The van der Waals surface area contributed by atoms with Gasteiger partial charge in [-0.15, -0.1) is 0 Å². The Kier molecular flexibility index (Phi) is 7.65. The van der Waals surface area contributed by atoms with Crippen molar-refractivity contribution in [1.82, 2.24) is 0 Å². The molecule has 1 heterocycles. The van der Waals surface area contributed by atoms with Gasteiger partial charge < -0.3 is 15.5 Å². The zero-order valence-electron chi connectivity index (χ0n) is 18.3. The lowest BCUT2D eigenvalue weighted by molar-refractivity contribution is -0.275. The first-order valence-corrected chi connectivity index (χ1v) is 12.2. The molecule has 4 rings (SSSR count). The number of oxime groups is 1. The Bertz CT molecular complexity index is 1360. The molecule has 2 N–H and O–H groups in total. The number of alkyl halides is 3. The summed E-state index contributed by atoms with van der Waals surface area (Å²) in [7, 11) is 0. The van der Waals surface area contributed by atoms with Crippen molar-refractivity contribution >= 4 is 80.8 Å². The van der Waals surface area contributed by atoms with E-state index in [0.29, 0.717) is 32.5 Å². The molecule has 0 saturated carbocycles. The second kappa shape index (κ2) is 10.3. The molecule has 3 aromatic carbocycles. The van der Waals surface area contributed by atoms with E-state index < -0.39 is 18.2 Å². The van der Waals surface area contributed by atoms with Crippen molar-refractivity contribution in [2.24, 2.45) is 5.16 Å². The van der Waals surface area contributed by atoms with Gasteiger partial charge in [0.2, 0.25) is 0 Å². The van der Waals surface area contributed by atoms with E-state index in [1.807, 2.05) is 0 Å². The Hall–Kier alpha value is -2.23. The van der Waals surface area contributed by atoms with Crippen molar-refractivity contribution in [3.63, 3.8) is 0 Å². The maximum atomic E-state index is 14.2.